The van der Waals surface area contributed by atoms with Gasteiger partial charge in [-0.25, -0.2) is 4.39 Å². The first-order chi connectivity index (χ1) is 5.83. The maximum atomic E-state index is 12.5. The monoisotopic (exact) mass is 168 g/mol. The van der Waals surface area contributed by atoms with Crippen LogP contribution in [0.3, 0.4) is 0 Å². The van der Waals surface area contributed by atoms with Gasteiger partial charge < -0.3 is 4.84 Å². The number of nitrogens with zero attached hydrogens (tertiary/aromatic N) is 2. The van der Waals surface area contributed by atoms with Crippen molar-refractivity contribution in [3.63, 3.8) is 0 Å². The molecule has 0 aromatic carbocycles. The van der Waals surface area contributed by atoms with Crippen LogP contribution in [-0.2, 0) is 4.84 Å². The maximum Gasteiger partial charge on any atom is 0.142 e. The van der Waals surface area contributed by atoms with Crippen LogP contribution in [0.4, 0.5) is 4.39 Å². The van der Waals surface area contributed by atoms with Gasteiger partial charge in [-0.3, -0.25) is 4.98 Å². The minimum atomic E-state index is -0.379. The van der Waals surface area contributed by atoms with Gasteiger partial charge >= 0.3 is 0 Å². The summed E-state index contributed by atoms with van der Waals surface area (Å²) in [6.07, 6.45) is 4.06. The summed E-state index contributed by atoms with van der Waals surface area (Å²) < 4.78 is 12.5. The molecular formula is C8H9FN2O. The molecule has 0 saturated carbocycles. The first kappa shape index (κ1) is 8.64. The summed E-state index contributed by atoms with van der Waals surface area (Å²) in [5.74, 6) is -0.379. The van der Waals surface area contributed by atoms with Crippen molar-refractivity contribution >= 4 is 6.21 Å². The normalized spacial score (nSPS) is 10.5. The first-order valence-corrected chi connectivity index (χ1v) is 3.59. The Morgan fingerprint density at radius 3 is 3.17 bits per heavy atom. The largest absolute Gasteiger partial charge is 0.396 e. The Morgan fingerprint density at radius 1 is 1.67 bits per heavy atom. The first-order valence-electron chi connectivity index (χ1n) is 3.59. The second-order valence-electron chi connectivity index (χ2n) is 2.09. The molecule has 0 unspecified atom stereocenters. The molecule has 1 aromatic heterocycles. The van der Waals surface area contributed by atoms with E-state index in [1.807, 2.05) is 6.92 Å². The number of rotatable bonds is 3. The van der Waals surface area contributed by atoms with E-state index in [1.54, 1.807) is 0 Å². The molecule has 0 amide bonds. The molecule has 0 N–H and O–H groups in total. The number of hydrogen-bond donors (Lipinski definition) is 0. The van der Waals surface area contributed by atoms with E-state index in [1.165, 1.54) is 18.5 Å². The highest BCUT2D eigenvalue weighted by Crippen LogP contribution is 1.97. The quantitative estimate of drug-likeness (QED) is 0.507. The highest BCUT2D eigenvalue weighted by molar-refractivity contribution is 5.78. The van der Waals surface area contributed by atoms with Crippen LogP contribution in [0.1, 0.15) is 12.5 Å². The van der Waals surface area contributed by atoms with Crippen molar-refractivity contribution in [3.8, 4) is 0 Å². The summed E-state index contributed by atoms with van der Waals surface area (Å²) in [5.41, 5.74) is 0.587. The highest BCUT2D eigenvalue weighted by atomic mass is 19.1. The summed E-state index contributed by atoms with van der Waals surface area (Å²) in [5, 5.41) is 3.57. The fraction of sp³-hybridized carbons (Fsp3) is 0.250. The molecule has 0 bridgehead atoms. The number of halogens is 1. The molecule has 0 saturated heterocycles. The predicted octanol–water partition coefficient (Wildman–Crippen LogP) is 1.59. The lowest BCUT2D eigenvalue weighted by Crippen LogP contribution is -1.87. The van der Waals surface area contributed by atoms with E-state index in [2.05, 4.69) is 10.1 Å². The lowest BCUT2D eigenvalue weighted by Gasteiger charge is -1.92. The van der Waals surface area contributed by atoms with E-state index in [-0.39, 0.29) is 5.82 Å². The van der Waals surface area contributed by atoms with Crippen molar-refractivity contribution in [2.45, 2.75) is 6.92 Å². The number of pyridine rings is 1. The lowest BCUT2D eigenvalue weighted by molar-refractivity contribution is 0.160. The maximum absolute atomic E-state index is 12.5. The standard InChI is InChI=1S/C8H9FN2O/c1-2-12-11-5-7-3-8(9)6-10-4-7/h3-6H,2H2,1H3/b11-5+. The molecule has 0 spiro atoms. The van der Waals surface area contributed by atoms with Gasteiger partial charge in [0.25, 0.3) is 0 Å². The van der Waals surface area contributed by atoms with Gasteiger partial charge in [0.15, 0.2) is 0 Å². The van der Waals surface area contributed by atoms with Crippen molar-refractivity contribution in [1.29, 1.82) is 0 Å². The molecule has 1 heterocycles. The fourth-order valence-corrected chi connectivity index (χ4v) is 0.672. The third-order valence-electron chi connectivity index (χ3n) is 1.13. The molecule has 64 valence electrons. The third kappa shape index (κ3) is 2.65. The molecule has 0 aliphatic rings. The SMILES string of the molecule is CCO/N=C/c1cncc(F)c1. The van der Waals surface area contributed by atoms with Crippen molar-refractivity contribution in [3.05, 3.63) is 29.8 Å². The van der Waals surface area contributed by atoms with Crippen LogP contribution in [0.25, 0.3) is 0 Å². The summed E-state index contributed by atoms with van der Waals surface area (Å²) in [6.45, 7) is 2.32. The fourth-order valence-electron chi connectivity index (χ4n) is 0.672. The average Bonchev–Trinajstić information content (AvgIpc) is 2.05. The van der Waals surface area contributed by atoms with Gasteiger partial charge in [-0.1, -0.05) is 5.16 Å². The zero-order valence-electron chi connectivity index (χ0n) is 6.70. The second kappa shape index (κ2) is 4.43. The molecule has 0 radical (unpaired) electrons. The van der Waals surface area contributed by atoms with Gasteiger partial charge in [-0.05, 0) is 13.0 Å². The van der Waals surface area contributed by atoms with Crippen LogP contribution in [-0.4, -0.2) is 17.8 Å². The van der Waals surface area contributed by atoms with Gasteiger partial charge in [0.1, 0.15) is 12.4 Å². The van der Waals surface area contributed by atoms with Gasteiger partial charge in [0, 0.05) is 11.8 Å². The molecule has 0 aliphatic carbocycles. The topological polar surface area (TPSA) is 34.5 Å². The number of oxime groups is 1. The smallest absolute Gasteiger partial charge is 0.142 e. The molecule has 12 heavy (non-hydrogen) atoms. The molecule has 1 aromatic rings. The lowest BCUT2D eigenvalue weighted by atomic mass is 10.3. The van der Waals surface area contributed by atoms with Crippen LogP contribution in [0, 0.1) is 5.82 Å². The van der Waals surface area contributed by atoms with E-state index in [9.17, 15) is 4.39 Å². The molecular weight excluding hydrogens is 159 g/mol. The van der Waals surface area contributed by atoms with E-state index in [0.29, 0.717) is 12.2 Å². The van der Waals surface area contributed by atoms with Crippen LogP contribution in [0.15, 0.2) is 23.6 Å². The molecule has 0 fully saturated rings. The van der Waals surface area contributed by atoms with Crippen LogP contribution in [0.5, 0.6) is 0 Å². The molecule has 0 aliphatic heterocycles. The van der Waals surface area contributed by atoms with Gasteiger partial charge in [-0.15, -0.1) is 0 Å². The van der Waals surface area contributed by atoms with E-state index in [4.69, 9.17) is 4.84 Å². The predicted molar refractivity (Wildman–Crippen MR) is 43.4 cm³/mol. The minimum Gasteiger partial charge on any atom is -0.396 e. The zero-order valence-corrected chi connectivity index (χ0v) is 6.70. The Labute approximate surface area is 69.9 Å². The molecule has 3 nitrogen and oxygen atoms in total. The van der Waals surface area contributed by atoms with Crippen LogP contribution in [0.2, 0.25) is 0 Å². The Kier molecular flexibility index (Phi) is 3.19. The summed E-state index contributed by atoms with van der Waals surface area (Å²) in [6, 6.07) is 1.33. The van der Waals surface area contributed by atoms with Crippen LogP contribution >= 0.6 is 0 Å². The summed E-state index contributed by atoms with van der Waals surface area (Å²) >= 11 is 0. The third-order valence-corrected chi connectivity index (χ3v) is 1.13. The Morgan fingerprint density at radius 2 is 2.50 bits per heavy atom. The summed E-state index contributed by atoms with van der Waals surface area (Å²) in [7, 11) is 0. The van der Waals surface area contributed by atoms with E-state index < -0.39 is 0 Å². The Hall–Kier alpha value is -1.45. The number of hydrogen-bond acceptors (Lipinski definition) is 3. The molecule has 4 heteroatoms. The number of aromatic nitrogens is 1. The van der Waals surface area contributed by atoms with Crippen molar-refractivity contribution in [1.82, 2.24) is 4.98 Å². The second-order valence-corrected chi connectivity index (χ2v) is 2.09. The Bertz CT molecular complexity index is 276. The van der Waals surface area contributed by atoms with Gasteiger partial charge in [0.2, 0.25) is 0 Å². The molecule has 1 rings (SSSR count). The van der Waals surface area contributed by atoms with E-state index in [0.717, 1.165) is 6.20 Å². The zero-order chi connectivity index (χ0) is 8.81. The van der Waals surface area contributed by atoms with Crippen LogP contribution < -0.4 is 0 Å². The average molecular weight is 168 g/mol. The molecule has 0 atom stereocenters. The highest BCUT2D eigenvalue weighted by Gasteiger charge is 1.91. The summed E-state index contributed by atoms with van der Waals surface area (Å²) in [4.78, 5) is 8.34. The van der Waals surface area contributed by atoms with Gasteiger partial charge in [-0.2, -0.15) is 0 Å². The van der Waals surface area contributed by atoms with Crippen molar-refractivity contribution < 1.29 is 9.23 Å². The Balaban J connectivity index is 2.63. The van der Waals surface area contributed by atoms with E-state index >= 15 is 0 Å². The van der Waals surface area contributed by atoms with Crippen molar-refractivity contribution in [2.24, 2.45) is 5.16 Å². The minimum absolute atomic E-state index is 0.379. The van der Waals surface area contributed by atoms with Gasteiger partial charge in [0.05, 0.1) is 12.4 Å². The van der Waals surface area contributed by atoms with Crippen molar-refractivity contribution in [2.75, 3.05) is 6.61 Å².